The van der Waals surface area contributed by atoms with E-state index >= 15 is 0 Å². The van der Waals surface area contributed by atoms with Gasteiger partial charge >= 0.3 is 0 Å². The molecule has 2 heterocycles. The van der Waals surface area contributed by atoms with E-state index in [-0.39, 0.29) is 35.4 Å². The van der Waals surface area contributed by atoms with Crippen LogP contribution in [0.5, 0.6) is 5.75 Å². The number of hydrogen-bond donors (Lipinski definition) is 2. The smallest absolute Gasteiger partial charge is 0.271 e. The van der Waals surface area contributed by atoms with Gasteiger partial charge in [-0.25, -0.2) is 0 Å². The number of carbonyl (C=O) groups excluding carboxylic acids is 3. The van der Waals surface area contributed by atoms with E-state index < -0.39 is 12.1 Å². The van der Waals surface area contributed by atoms with Crippen LogP contribution >= 0.6 is 0 Å². The van der Waals surface area contributed by atoms with E-state index in [0.29, 0.717) is 30.8 Å². The van der Waals surface area contributed by atoms with Crippen molar-refractivity contribution < 1.29 is 19.1 Å². The number of methoxy groups -OCH3 is 1. The number of carbonyl (C=O) groups is 3. The lowest BCUT2D eigenvalue weighted by atomic mass is 9.92. The summed E-state index contributed by atoms with van der Waals surface area (Å²) in [5.74, 6) is 0.578. The summed E-state index contributed by atoms with van der Waals surface area (Å²) in [6.07, 6.45) is 5.46. The van der Waals surface area contributed by atoms with Gasteiger partial charge < -0.3 is 19.9 Å². The number of nitrogens with zero attached hydrogens (tertiary/aromatic N) is 2. The van der Waals surface area contributed by atoms with Crippen molar-refractivity contribution in [3.63, 3.8) is 0 Å². The number of H-pyrrole nitrogens is 1. The summed E-state index contributed by atoms with van der Waals surface area (Å²) in [6, 6.07) is 8.20. The number of ketones is 1. The lowest BCUT2D eigenvalue weighted by Gasteiger charge is -2.28. The summed E-state index contributed by atoms with van der Waals surface area (Å²) in [4.78, 5) is 44.0. The minimum absolute atomic E-state index is 0.0929. The fourth-order valence-corrected chi connectivity index (χ4v) is 6.25. The summed E-state index contributed by atoms with van der Waals surface area (Å²) in [7, 11) is 1.59. The van der Waals surface area contributed by atoms with Crippen LogP contribution < -0.4 is 10.1 Å². The number of likely N-dealkylation sites (tertiary alicyclic amines) is 1. The Hall–Kier alpha value is -3.34. The van der Waals surface area contributed by atoms with Crippen LogP contribution in [0.25, 0.3) is 10.9 Å². The predicted molar refractivity (Wildman–Crippen MR) is 125 cm³/mol. The van der Waals surface area contributed by atoms with Crippen molar-refractivity contribution in [2.75, 3.05) is 13.7 Å². The van der Waals surface area contributed by atoms with Gasteiger partial charge in [0.1, 0.15) is 29.3 Å². The van der Waals surface area contributed by atoms with Crippen molar-refractivity contribution in [2.24, 2.45) is 17.8 Å². The van der Waals surface area contributed by atoms with E-state index in [1.807, 2.05) is 18.2 Å². The quantitative estimate of drug-likeness (QED) is 0.684. The molecule has 0 spiro atoms. The monoisotopic (exact) mass is 462 g/mol. The van der Waals surface area contributed by atoms with E-state index in [2.05, 4.69) is 16.4 Å². The molecule has 1 aliphatic heterocycles. The van der Waals surface area contributed by atoms with E-state index in [0.717, 1.165) is 43.0 Å². The van der Waals surface area contributed by atoms with Crippen LogP contribution in [-0.2, 0) is 9.59 Å². The summed E-state index contributed by atoms with van der Waals surface area (Å²) in [5.41, 5.74) is 1.22. The Morgan fingerprint density at radius 1 is 1.29 bits per heavy atom. The number of nitriles is 1. The number of fused-ring (bicyclic) bond motifs is 2. The summed E-state index contributed by atoms with van der Waals surface area (Å²) >= 11 is 0. The maximum Gasteiger partial charge on any atom is 0.271 e. The molecule has 2 saturated carbocycles. The van der Waals surface area contributed by atoms with Gasteiger partial charge in [0.15, 0.2) is 0 Å². The van der Waals surface area contributed by atoms with E-state index in [1.54, 1.807) is 18.1 Å². The number of ether oxygens (including phenoxy) is 1. The van der Waals surface area contributed by atoms with E-state index in [1.165, 1.54) is 0 Å². The molecule has 2 amide bonds. The molecule has 2 aliphatic carbocycles. The number of nitrogens with one attached hydrogen (secondary N) is 2. The molecule has 5 rings (SSSR count). The third kappa shape index (κ3) is 3.93. The molecular formula is C26H30N4O4. The largest absolute Gasteiger partial charge is 0.496 e. The zero-order valence-electron chi connectivity index (χ0n) is 19.4. The molecule has 1 aromatic heterocycles. The topological polar surface area (TPSA) is 115 Å². The number of rotatable bonds is 6. The molecule has 8 nitrogen and oxygen atoms in total. The van der Waals surface area contributed by atoms with Crippen LogP contribution in [0, 0.1) is 29.1 Å². The number of hydrogen-bond acceptors (Lipinski definition) is 5. The third-order valence-electron chi connectivity index (χ3n) is 7.92. The van der Waals surface area contributed by atoms with Crippen LogP contribution in [0.4, 0.5) is 0 Å². The lowest BCUT2D eigenvalue weighted by Crippen LogP contribution is -2.51. The van der Waals surface area contributed by atoms with Crippen molar-refractivity contribution in [3.05, 3.63) is 30.0 Å². The van der Waals surface area contributed by atoms with Crippen molar-refractivity contribution in [3.8, 4) is 11.8 Å². The number of aromatic amines is 1. The second-order valence-corrected chi connectivity index (χ2v) is 9.84. The van der Waals surface area contributed by atoms with Gasteiger partial charge in [0.2, 0.25) is 5.91 Å². The number of Topliss-reactive ketones (excluding diaryl/α,β-unsaturated/α-hetero) is 1. The van der Waals surface area contributed by atoms with E-state index in [4.69, 9.17) is 4.74 Å². The molecule has 1 saturated heterocycles. The second kappa shape index (κ2) is 9.13. The minimum atomic E-state index is -0.728. The first kappa shape index (κ1) is 22.5. The molecule has 3 fully saturated rings. The molecule has 0 bridgehead atoms. The van der Waals surface area contributed by atoms with Crippen molar-refractivity contribution in [1.82, 2.24) is 15.2 Å². The first-order chi connectivity index (χ1) is 16.5. The van der Waals surface area contributed by atoms with Crippen LogP contribution in [0.1, 0.15) is 55.4 Å². The molecular weight excluding hydrogens is 432 g/mol. The Bertz CT molecular complexity index is 1170. The second-order valence-electron chi connectivity index (χ2n) is 9.84. The maximum absolute atomic E-state index is 13.6. The Balaban J connectivity index is 1.37. The molecule has 5 atom stereocenters. The molecule has 2 N–H and O–H groups in total. The summed E-state index contributed by atoms with van der Waals surface area (Å²) in [6.45, 7) is 0.534. The molecule has 34 heavy (non-hydrogen) atoms. The molecule has 0 radical (unpaired) electrons. The van der Waals surface area contributed by atoms with Crippen molar-refractivity contribution in [2.45, 2.75) is 57.0 Å². The Morgan fingerprint density at radius 3 is 2.88 bits per heavy atom. The lowest BCUT2D eigenvalue weighted by molar-refractivity contribution is -0.127. The first-order valence-electron chi connectivity index (χ1n) is 12.2. The summed E-state index contributed by atoms with van der Waals surface area (Å²) in [5, 5.41) is 13.4. The van der Waals surface area contributed by atoms with Gasteiger partial charge in [-0.1, -0.05) is 12.5 Å². The zero-order chi connectivity index (χ0) is 23.8. The minimum Gasteiger partial charge on any atom is -0.496 e. The molecule has 2 aromatic rings. The van der Waals surface area contributed by atoms with Crippen LogP contribution in [0.2, 0.25) is 0 Å². The Labute approximate surface area is 198 Å². The van der Waals surface area contributed by atoms with Gasteiger partial charge in [-0.05, 0) is 62.1 Å². The van der Waals surface area contributed by atoms with Crippen molar-refractivity contribution in [1.29, 1.82) is 5.26 Å². The molecule has 3 aliphatic rings. The highest BCUT2D eigenvalue weighted by atomic mass is 16.5. The number of amides is 2. The molecule has 0 unspecified atom stereocenters. The molecule has 178 valence electrons. The fraction of sp³-hybridized carbons (Fsp3) is 0.538. The van der Waals surface area contributed by atoms with Gasteiger partial charge in [0.05, 0.1) is 13.2 Å². The normalized spacial score (nSPS) is 26.9. The Kier molecular flexibility index (Phi) is 6.03. The van der Waals surface area contributed by atoms with Gasteiger partial charge in [-0.2, -0.15) is 5.26 Å². The van der Waals surface area contributed by atoms with Crippen LogP contribution in [0.15, 0.2) is 24.3 Å². The SMILES string of the molecule is COc1cccc2[nH]c(C(=O)N3C[C@@H]4CCC[C@@H]4[C@H]3C(=O)N[C@H](C#N)C[C@@H]3CCCC3=O)cc12. The Morgan fingerprint density at radius 2 is 2.15 bits per heavy atom. The maximum atomic E-state index is 13.6. The van der Waals surface area contributed by atoms with Crippen LogP contribution in [-0.4, -0.2) is 53.2 Å². The number of aromatic nitrogens is 1. The van der Waals surface area contributed by atoms with Crippen molar-refractivity contribution >= 4 is 28.5 Å². The molecule has 1 aromatic carbocycles. The number of benzene rings is 1. The highest BCUT2D eigenvalue weighted by molar-refractivity contribution is 6.02. The van der Waals surface area contributed by atoms with Gasteiger partial charge in [0.25, 0.3) is 5.91 Å². The van der Waals surface area contributed by atoms with E-state index in [9.17, 15) is 19.6 Å². The zero-order valence-corrected chi connectivity index (χ0v) is 19.4. The van der Waals surface area contributed by atoms with Gasteiger partial charge in [0, 0.05) is 29.8 Å². The highest BCUT2D eigenvalue weighted by Crippen LogP contribution is 2.43. The fourth-order valence-electron chi connectivity index (χ4n) is 6.25. The third-order valence-corrected chi connectivity index (χ3v) is 7.92. The standard InChI is InChI=1S/C26H30N4O4/c1-34-23-10-4-8-20-19(23)12-21(29-20)26(33)30-14-16-6-2-7-18(16)24(30)25(32)28-17(13-27)11-15-5-3-9-22(15)31/h4,8,10,12,15-18,24,29H,2-3,5-7,9,11,14H2,1H3,(H,28,32)/t15-,16-,17-,18-,24-/m0/s1. The average molecular weight is 463 g/mol. The first-order valence-corrected chi connectivity index (χ1v) is 12.2. The highest BCUT2D eigenvalue weighted by Gasteiger charge is 2.50. The van der Waals surface area contributed by atoms with Gasteiger partial charge in [-0.15, -0.1) is 0 Å². The van der Waals surface area contributed by atoms with Gasteiger partial charge in [-0.3, -0.25) is 14.4 Å². The van der Waals surface area contributed by atoms with Crippen LogP contribution in [0.3, 0.4) is 0 Å². The summed E-state index contributed by atoms with van der Waals surface area (Å²) < 4.78 is 5.42. The predicted octanol–water partition coefficient (Wildman–Crippen LogP) is 3.18. The average Bonchev–Trinajstić information content (AvgIpc) is 3.61. The molecule has 8 heteroatoms.